The minimum atomic E-state index is -1.14. The van der Waals surface area contributed by atoms with E-state index in [-0.39, 0.29) is 0 Å². The number of nitrogens with zero attached hydrogens (tertiary/aromatic N) is 5. The second-order valence-electron chi connectivity index (χ2n) is 10.1. The minimum Gasteiger partial charge on any atom is -0.390 e. The van der Waals surface area contributed by atoms with Gasteiger partial charge >= 0.3 is 0 Å². The fourth-order valence-electron chi connectivity index (χ4n) is 4.84. The van der Waals surface area contributed by atoms with Crippen molar-refractivity contribution < 1.29 is 15.3 Å². The molecule has 5 rings (SSSR count). The normalized spacial score (nSPS) is 21.9. The van der Waals surface area contributed by atoms with Crippen molar-refractivity contribution in [2.45, 2.75) is 64.5 Å². The molecule has 11 heteroatoms. The molecule has 1 fully saturated rings. The first-order valence-corrected chi connectivity index (χ1v) is 13.0. The van der Waals surface area contributed by atoms with Crippen LogP contribution in [0.15, 0.2) is 36.8 Å². The van der Waals surface area contributed by atoms with Crippen LogP contribution in [-0.2, 0) is 6.54 Å². The van der Waals surface area contributed by atoms with Gasteiger partial charge in [-0.25, -0.2) is 9.97 Å². The number of pyridine rings is 2. The Kier molecular flexibility index (Phi) is 6.80. The number of hydrogen-bond donors (Lipinski definition) is 5. The van der Waals surface area contributed by atoms with Gasteiger partial charge in [0.1, 0.15) is 22.4 Å². The molecule has 4 atom stereocenters. The van der Waals surface area contributed by atoms with Gasteiger partial charge in [-0.1, -0.05) is 0 Å². The first kappa shape index (κ1) is 25.4. The Morgan fingerprint density at radius 3 is 2.43 bits per heavy atom. The summed E-state index contributed by atoms with van der Waals surface area (Å²) in [6.45, 7) is 7.63. The van der Waals surface area contributed by atoms with Crippen LogP contribution in [-0.4, -0.2) is 64.1 Å². The first-order chi connectivity index (χ1) is 17.6. The van der Waals surface area contributed by atoms with Crippen LogP contribution in [0.5, 0.6) is 0 Å². The highest BCUT2D eigenvalue weighted by molar-refractivity contribution is 7.21. The Labute approximate surface area is 218 Å². The van der Waals surface area contributed by atoms with Crippen molar-refractivity contribution in [2.24, 2.45) is 5.92 Å². The molecule has 0 aromatic carbocycles. The second kappa shape index (κ2) is 9.90. The maximum Gasteiger partial charge on any atom is 0.225 e. The molecule has 1 aliphatic rings. The van der Waals surface area contributed by atoms with Crippen LogP contribution in [0.4, 0.5) is 11.8 Å². The molecular weight excluding hydrogens is 490 g/mol. The van der Waals surface area contributed by atoms with Gasteiger partial charge in [-0.2, -0.15) is 4.98 Å². The summed E-state index contributed by atoms with van der Waals surface area (Å²) in [5, 5.41) is 39.4. The molecule has 0 amide bonds. The van der Waals surface area contributed by atoms with E-state index in [0.717, 1.165) is 32.0 Å². The third-order valence-corrected chi connectivity index (χ3v) is 7.94. The Morgan fingerprint density at radius 2 is 1.76 bits per heavy atom. The highest BCUT2D eigenvalue weighted by Gasteiger charge is 2.48. The van der Waals surface area contributed by atoms with Crippen molar-refractivity contribution in [3.63, 3.8) is 0 Å². The molecule has 194 valence electrons. The second-order valence-corrected chi connectivity index (χ2v) is 11.1. The standard InChI is InChI=1S/C26H31N7O3S/c1-13-19(24-32-20-14(2)28-10-7-18(20)37-24)23(31-17-11-16(26(3,4)36)21(34)22(17)35)33-25(30-13)29-12-15-5-8-27-9-6-15/h5-10,16-17,21-22,34-36H,11-12H2,1-4H3,(H2,29,30,31,33)/t16-,17+,21+,22-/m0/s1. The molecule has 1 aliphatic carbocycles. The van der Waals surface area contributed by atoms with Crippen molar-refractivity contribution in [2.75, 3.05) is 10.6 Å². The fourth-order valence-corrected chi connectivity index (χ4v) is 5.95. The largest absolute Gasteiger partial charge is 0.390 e. The number of hydrogen-bond acceptors (Lipinski definition) is 11. The van der Waals surface area contributed by atoms with Gasteiger partial charge in [-0.3, -0.25) is 9.97 Å². The highest BCUT2D eigenvalue weighted by Crippen LogP contribution is 2.40. The quantitative estimate of drug-likeness (QED) is 0.246. The third-order valence-electron chi connectivity index (χ3n) is 6.91. The monoisotopic (exact) mass is 521 g/mol. The number of rotatable bonds is 7. The molecule has 4 heterocycles. The van der Waals surface area contributed by atoms with Gasteiger partial charge in [-0.15, -0.1) is 11.3 Å². The summed E-state index contributed by atoms with van der Waals surface area (Å²) in [6.07, 6.45) is 3.46. The van der Waals surface area contributed by atoms with Crippen molar-refractivity contribution in [1.82, 2.24) is 24.9 Å². The van der Waals surface area contributed by atoms with Gasteiger partial charge in [-0.05, 0) is 57.9 Å². The number of anilines is 2. The molecule has 0 bridgehead atoms. The number of aromatic nitrogens is 5. The van der Waals surface area contributed by atoms with E-state index >= 15 is 0 Å². The third kappa shape index (κ3) is 5.12. The van der Waals surface area contributed by atoms with E-state index in [4.69, 9.17) is 15.0 Å². The Bertz CT molecular complexity index is 1410. The zero-order chi connectivity index (χ0) is 26.3. The zero-order valence-electron chi connectivity index (χ0n) is 21.2. The molecule has 0 unspecified atom stereocenters. The summed E-state index contributed by atoms with van der Waals surface area (Å²) < 4.78 is 1.01. The number of nitrogens with one attached hydrogen (secondary N) is 2. The molecule has 0 radical (unpaired) electrons. The van der Waals surface area contributed by atoms with Crippen molar-refractivity contribution in [1.29, 1.82) is 0 Å². The topological polar surface area (TPSA) is 149 Å². The van der Waals surface area contributed by atoms with E-state index in [1.54, 1.807) is 32.4 Å². The number of aliphatic hydroxyl groups is 3. The lowest BCUT2D eigenvalue weighted by Crippen LogP contribution is -2.40. The Morgan fingerprint density at radius 1 is 1.00 bits per heavy atom. The number of aryl methyl sites for hydroxylation is 2. The molecule has 5 N–H and O–H groups in total. The van der Waals surface area contributed by atoms with Crippen molar-refractivity contribution in [3.05, 3.63) is 53.7 Å². The maximum atomic E-state index is 10.8. The molecular formula is C26H31N7O3S. The van der Waals surface area contributed by atoms with Gasteiger partial charge in [0, 0.05) is 31.1 Å². The van der Waals surface area contributed by atoms with Gasteiger partial charge in [0.05, 0.1) is 39.4 Å². The number of fused-ring (bicyclic) bond motifs is 1. The van der Waals surface area contributed by atoms with Crippen LogP contribution in [0.1, 0.15) is 37.2 Å². The fraction of sp³-hybridized carbons (Fsp3) is 0.423. The van der Waals surface area contributed by atoms with Crippen LogP contribution >= 0.6 is 11.3 Å². The summed E-state index contributed by atoms with van der Waals surface area (Å²) in [5.74, 6) is 0.431. The highest BCUT2D eigenvalue weighted by atomic mass is 32.1. The lowest BCUT2D eigenvalue weighted by atomic mass is 9.88. The van der Waals surface area contributed by atoms with E-state index in [2.05, 4.69) is 20.6 Å². The molecule has 0 saturated heterocycles. The van der Waals surface area contributed by atoms with Gasteiger partial charge < -0.3 is 26.0 Å². The summed E-state index contributed by atoms with van der Waals surface area (Å²) in [6, 6.07) is 5.24. The van der Waals surface area contributed by atoms with Crippen molar-refractivity contribution >= 4 is 33.3 Å². The molecule has 1 saturated carbocycles. The Balaban J connectivity index is 1.53. The number of aliphatic hydroxyl groups excluding tert-OH is 2. The van der Waals surface area contributed by atoms with E-state index in [1.165, 1.54) is 11.3 Å². The van der Waals surface area contributed by atoms with Crippen LogP contribution in [0.2, 0.25) is 0 Å². The van der Waals surface area contributed by atoms with E-state index in [9.17, 15) is 15.3 Å². The molecule has 10 nitrogen and oxygen atoms in total. The van der Waals surface area contributed by atoms with Gasteiger partial charge in [0.2, 0.25) is 5.95 Å². The van der Waals surface area contributed by atoms with E-state index in [1.807, 2.05) is 32.0 Å². The van der Waals surface area contributed by atoms with Crippen molar-refractivity contribution in [3.8, 4) is 10.6 Å². The van der Waals surface area contributed by atoms with Crippen LogP contribution < -0.4 is 10.6 Å². The molecule has 37 heavy (non-hydrogen) atoms. The summed E-state index contributed by atoms with van der Waals surface area (Å²) in [4.78, 5) is 22.7. The van der Waals surface area contributed by atoms with E-state index < -0.39 is 29.8 Å². The molecule has 4 aromatic rings. The summed E-state index contributed by atoms with van der Waals surface area (Å²) in [5.41, 5.74) is 2.99. The van der Waals surface area contributed by atoms with Gasteiger partial charge in [0.15, 0.2) is 0 Å². The first-order valence-electron chi connectivity index (χ1n) is 12.2. The van der Waals surface area contributed by atoms with Crippen LogP contribution in [0.25, 0.3) is 20.8 Å². The lowest BCUT2D eigenvalue weighted by molar-refractivity contribution is -0.0601. The molecule has 0 spiro atoms. The lowest BCUT2D eigenvalue weighted by Gasteiger charge is -2.28. The average Bonchev–Trinajstić information content (AvgIpc) is 3.40. The van der Waals surface area contributed by atoms with Gasteiger partial charge in [0.25, 0.3) is 0 Å². The average molecular weight is 522 g/mol. The minimum absolute atomic E-state index is 0.372. The zero-order valence-corrected chi connectivity index (χ0v) is 22.0. The predicted molar refractivity (Wildman–Crippen MR) is 143 cm³/mol. The smallest absolute Gasteiger partial charge is 0.225 e. The maximum absolute atomic E-state index is 10.8. The van der Waals surface area contributed by atoms with Crippen LogP contribution in [0.3, 0.4) is 0 Å². The Hall–Kier alpha value is -3.25. The SMILES string of the molecule is Cc1nc(NCc2ccncc2)nc(N[C@@H]2C[C@H](C(C)(C)O)[C@@H](O)[C@H]2O)c1-c1nc2c(C)nccc2s1. The molecule has 0 aliphatic heterocycles. The summed E-state index contributed by atoms with van der Waals surface area (Å²) in [7, 11) is 0. The number of thiazole rings is 1. The van der Waals surface area contributed by atoms with E-state index in [0.29, 0.717) is 30.4 Å². The summed E-state index contributed by atoms with van der Waals surface area (Å²) >= 11 is 1.52. The molecule has 4 aromatic heterocycles. The predicted octanol–water partition coefficient (Wildman–Crippen LogP) is 3.07. The van der Waals surface area contributed by atoms with Crippen LogP contribution in [0, 0.1) is 19.8 Å².